The van der Waals surface area contributed by atoms with Crippen molar-refractivity contribution in [3.63, 3.8) is 0 Å². The largest absolute Gasteiger partial charge is 0.492 e. The molecule has 0 radical (unpaired) electrons. The van der Waals surface area contributed by atoms with Crippen LogP contribution in [0.1, 0.15) is 11.1 Å². The molecule has 3 aromatic carbocycles. The van der Waals surface area contributed by atoms with E-state index < -0.39 is 0 Å². The van der Waals surface area contributed by atoms with E-state index in [1.54, 1.807) is 0 Å². The first-order valence-electron chi connectivity index (χ1n) is 9.92. The first-order valence-corrected chi connectivity index (χ1v) is 9.92. The third kappa shape index (κ3) is 3.02. The van der Waals surface area contributed by atoms with Crippen LogP contribution in [0.4, 0.5) is 0 Å². The van der Waals surface area contributed by atoms with Crippen LogP contribution in [0.15, 0.2) is 73.1 Å². The summed E-state index contributed by atoms with van der Waals surface area (Å²) >= 11 is 0. The molecule has 0 bridgehead atoms. The maximum absolute atomic E-state index is 5.81. The number of aryl methyl sites for hydroxylation is 1. The van der Waals surface area contributed by atoms with E-state index in [1.807, 2.05) is 18.5 Å². The van der Waals surface area contributed by atoms with Crippen molar-refractivity contribution in [1.82, 2.24) is 9.55 Å². The molecular weight excluding hydrogens is 358 g/mol. The summed E-state index contributed by atoms with van der Waals surface area (Å²) in [6.45, 7) is 4.04. The van der Waals surface area contributed by atoms with Crippen molar-refractivity contribution in [2.45, 2.75) is 13.5 Å². The van der Waals surface area contributed by atoms with E-state index >= 15 is 0 Å². The number of nitrogens with zero attached hydrogens (tertiary/aromatic N) is 2. The second-order valence-electron chi connectivity index (χ2n) is 7.38. The number of nitrogens with two attached hydrogens (primary N) is 1. The van der Waals surface area contributed by atoms with Crippen LogP contribution in [-0.2, 0) is 6.54 Å². The van der Waals surface area contributed by atoms with Gasteiger partial charge >= 0.3 is 0 Å². The van der Waals surface area contributed by atoms with Crippen LogP contribution in [0.25, 0.3) is 32.6 Å². The Morgan fingerprint density at radius 1 is 0.966 bits per heavy atom. The Balaban J connectivity index is 1.83. The van der Waals surface area contributed by atoms with E-state index in [-0.39, 0.29) is 0 Å². The lowest BCUT2D eigenvalue weighted by atomic mass is 10.0. The molecule has 0 saturated carbocycles. The van der Waals surface area contributed by atoms with Gasteiger partial charge in [0.1, 0.15) is 12.4 Å². The molecule has 0 saturated heterocycles. The molecule has 2 aromatic heterocycles. The van der Waals surface area contributed by atoms with Crippen molar-refractivity contribution in [3.8, 4) is 5.75 Å². The van der Waals surface area contributed by atoms with Crippen LogP contribution >= 0.6 is 0 Å². The lowest BCUT2D eigenvalue weighted by Gasteiger charge is -2.11. The van der Waals surface area contributed by atoms with E-state index in [0.29, 0.717) is 13.2 Å². The van der Waals surface area contributed by atoms with Gasteiger partial charge in [0.05, 0.1) is 5.52 Å². The van der Waals surface area contributed by atoms with Crippen molar-refractivity contribution in [2.24, 2.45) is 5.73 Å². The van der Waals surface area contributed by atoms with Crippen LogP contribution in [0.3, 0.4) is 0 Å². The minimum atomic E-state index is 0.503. The van der Waals surface area contributed by atoms with Gasteiger partial charge in [-0.3, -0.25) is 4.98 Å². The highest BCUT2D eigenvalue weighted by molar-refractivity contribution is 6.14. The zero-order valence-corrected chi connectivity index (χ0v) is 16.4. The quantitative estimate of drug-likeness (QED) is 0.464. The van der Waals surface area contributed by atoms with E-state index in [1.165, 1.54) is 38.3 Å². The molecule has 0 atom stereocenters. The zero-order valence-electron chi connectivity index (χ0n) is 16.4. The lowest BCUT2D eigenvalue weighted by molar-refractivity contribution is 0.329. The molecule has 0 aliphatic heterocycles. The Morgan fingerprint density at radius 3 is 2.66 bits per heavy atom. The van der Waals surface area contributed by atoms with Gasteiger partial charge < -0.3 is 15.0 Å². The summed E-state index contributed by atoms with van der Waals surface area (Å²) in [6.07, 6.45) is 3.81. The second-order valence-corrected chi connectivity index (χ2v) is 7.38. The van der Waals surface area contributed by atoms with Gasteiger partial charge in [0.15, 0.2) is 0 Å². The van der Waals surface area contributed by atoms with Gasteiger partial charge in [0.2, 0.25) is 0 Å². The number of aromatic nitrogens is 2. The van der Waals surface area contributed by atoms with Crippen molar-refractivity contribution >= 4 is 32.6 Å². The summed E-state index contributed by atoms with van der Waals surface area (Å²) in [5.41, 5.74) is 10.6. The number of benzene rings is 3. The Morgan fingerprint density at radius 2 is 1.83 bits per heavy atom. The van der Waals surface area contributed by atoms with Crippen LogP contribution < -0.4 is 10.5 Å². The van der Waals surface area contributed by atoms with Crippen LogP contribution in [0, 0.1) is 6.92 Å². The molecule has 2 heterocycles. The van der Waals surface area contributed by atoms with E-state index in [2.05, 4.69) is 71.1 Å². The van der Waals surface area contributed by atoms with Gasteiger partial charge in [-0.15, -0.1) is 0 Å². The maximum Gasteiger partial charge on any atom is 0.120 e. The third-order valence-electron chi connectivity index (χ3n) is 5.56. The Kier molecular flexibility index (Phi) is 4.41. The zero-order chi connectivity index (χ0) is 19.8. The van der Waals surface area contributed by atoms with Crippen LogP contribution in [0.5, 0.6) is 5.75 Å². The first kappa shape index (κ1) is 17.7. The van der Waals surface area contributed by atoms with Crippen molar-refractivity contribution in [3.05, 3.63) is 84.2 Å². The Labute approximate surface area is 169 Å². The van der Waals surface area contributed by atoms with E-state index in [4.69, 9.17) is 10.5 Å². The molecule has 144 valence electrons. The smallest absolute Gasteiger partial charge is 0.120 e. The maximum atomic E-state index is 5.81. The van der Waals surface area contributed by atoms with Gasteiger partial charge in [-0.25, -0.2) is 0 Å². The predicted octanol–water partition coefficient (Wildman–Crippen LogP) is 5.04. The summed E-state index contributed by atoms with van der Waals surface area (Å²) < 4.78 is 8.23. The predicted molar refractivity (Wildman–Crippen MR) is 120 cm³/mol. The highest BCUT2D eigenvalue weighted by atomic mass is 16.5. The SMILES string of the molecule is Cc1c2ccncc2cc2c3cc(OCCN)ccc3n(Cc3ccccc3)c12. The lowest BCUT2D eigenvalue weighted by Crippen LogP contribution is -2.10. The fraction of sp³-hybridized carbons (Fsp3) is 0.160. The minimum absolute atomic E-state index is 0.503. The van der Waals surface area contributed by atoms with Crippen molar-refractivity contribution < 1.29 is 4.74 Å². The summed E-state index contributed by atoms with van der Waals surface area (Å²) in [4.78, 5) is 4.33. The summed E-state index contributed by atoms with van der Waals surface area (Å²) in [6, 6.07) is 21.3. The molecular formula is C25H23N3O. The first-order chi connectivity index (χ1) is 14.3. The van der Waals surface area contributed by atoms with Gasteiger partial charge in [0, 0.05) is 47.2 Å². The average molecular weight is 381 g/mol. The van der Waals surface area contributed by atoms with Gasteiger partial charge in [-0.05, 0) is 53.8 Å². The average Bonchev–Trinajstić information content (AvgIpc) is 3.06. The van der Waals surface area contributed by atoms with Crippen molar-refractivity contribution in [2.75, 3.05) is 13.2 Å². The molecule has 4 heteroatoms. The topological polar surface area (TPSA) is 53.1 Å². The number of rotatable bonds is 5. The number of ether oxygens (including phenoxy) is 1. The van der Waals surface area contributed by atoms with Crippen LogP contribution in [0.2, 0.25) is 0 Å². The number of pyridine rings is 1. The molecule has 2 N–H and O–H groups in total. The van der Waals surface area contributed by atoms with Crippen LogP contribution in [-0.4, -0.2) is 22.7 Å². The highest BCUT2D eigenvalue weighted by Crippen LogP contribution is 2.37. The van der Waals surface area contributed by atoms with Crippen molar-refractivity contribution in [1.29, 1.82) is 0 Å². The van der Waals surface area contributed by atoms with E-state index in [9.17, 15) is 0 Å². The molecule has 0 spiro atoms. The number of fused-ring (bicyclic) bond motifs is 4. The number of hydrogen-bond acceptors (Lipinski definition) is 3. The Hall–Kier alpha value is -3.37. The molecule has 0 amide bonds. The van der Waals surface area contributed by atoms with Gasteiger partial charge in [0.25, 0.3) is 0 Å². The molecule has 5 rings (SSSR count). The third-order valence-corrected chi connectivity index (χ3v) is 5.56. The fourth-order valence-electron chi connectivity index (χ4n) is 4.25. The summed E-state index contributed by atoms with van der Waals surface area (Å²) in [5.74, 6) is 0.852. The standard InChI is InChI=1S/C25H23N3O/c1-17-21-9-11-27-15-19(21)13-23-22-14-20(29-12-10-26)7-8-24(22)28(25(17)23)16-18-5-3-2-4-6-18/h2-9,11,13-15H,10,12,16,26H2,1H3. The molecule has 0 aliphatic carbocycles. The Bertz CT molecular complexity index is 1320. The van der Waals surface area contributed by atoms with E-state index in [0.717, 1.165) is 17.7 Å². The molecule has 0 fully saturated rings. The summed E-state index contributed by atoms with van der Waals surface area (Å²) in [7, 11) is 0. The monoisotopic (exact) mass is 381 g/mol. The normalized spacial score (nSPS) is 11.5. The summed E-state index contributed by atoms with van der Waals surface area (Å²) in [5, 5.41) is 4.82. The molecule has 0 unspecified atom stereocenters. The van der Waals surface area contributed by atoms with Gasteiger partial charge in [-0.2, -0.15) is 0 Å². The number of hydrogen-bond donors (Lipinski definition) is 1. The van der Waals surface area contributed by atoms with Gasteiger partial charge in [-0.1, -0.05) is 30.3 Å². The second kappa shape index (κ2) is 7.22. The molecule has 0 aliphatic rings. The molecule has 29 heavy (non-hydrogen) atoms. The highest BCUT2D eigenvalue weighted by Gasteiger charge is 2.16. The fourth-order valence-corrected chi connectivity index (χ4v) is 4.25. The minimum Gasteiger partial charge on any atom is -0.492 e. The molecule has 4 nitrogen and oxygen atoms in total. The molecule has 5 aromatic rings.